The average molecular weight is 1500 g/mol. The Kier molecular flexibility index (Phi) is 31.2. The zero-order chi connectivity index (χ0) is 70.9. The molecule has 12 unspecified atom stereocenters. The molecule has 0 radical (unpaired) electrons. The summed E-state index contributed by atoms with van der Waals surface area (Å²) < 4.78 is 271. The third-order valence-corrected chi connectivity index (χ3v) is 17.6. The molecule has 8 saturated heterocycles. The molecule has 30 atom stereocenters. The van der Waals surface area contributed by atoms with E-state index in [1.807, 2.05) is 0 Å². The molecule has 46 nitrogen and oxygen atoms in total. The fraction of sp³-hybridized carbons (Fsp3) is 1.00. The van der Waals surface area contributed by atoms with Crippen molar-refractivity contribution in [1.29, 1.82) is 0 Å². The van der Waals surface area contributed by atoms with E-state index in [1.165, 1.54) is 35.0 Å². The van der Waals surface area contributed by atoms with Crippen LogP contribution < -0.4 is 5.26 Å². The van der Waals surface area contributed by atoms with Gasteiger partial charge in [-0.1, -0.05) is 20.8 Å². The Morgan fingerprint density at radius 3 is 1.17 bits per heavy atom. The minimum Gasteiger partial charge on any atom is -0.726 e. The molecule has 8 fully saturated rings. The van der Waals surface area contributed by atoms with Crippen molar-refractivity contribution in [2.75, 3.05) is 61.0 Å². The SMILES string of the molecule is CO[C@H]1OC(COO[O-])[C@H](O[C@@H]2OC(CO)[C@H](O)[C@H](C)C2OS(=O)(=O)[O-])[C@H](O)C1OS(=O)(=O)[O-].CO[C@H]1OC2CO[C@@H](C1O)[C@H]2O[C@@H]1OC(CO)[C@H](OS(=O)(=O)[O-])[C@H](C)C1O.CO[C@H]1OC2CO[C@@H](C1OS(=O)(=O)[O-])[C@H]2O[C@@H]1OC(CO)[C@H](OS(=O)(=O)[O-])[C@H](C)C1O.O=S. The molecule has 0 aromatic rings. The second-order valence-corrected chi connectivity index (χ2v) is 26.2. The van der Waals surface area contributed by atoms with Gasteiger partial charge in [-0.15, -0.1) is 0 Å². The minimum absolute atomic E-state index is 0.0874. The summed E-state index contributed by atoms with van der Waals surface area (Å²) in [5, 5.41) is 93.9. The van der Waals surface area contributed by atoms with E-state index in [0.717, 1.165) is 7.11 Å². The topological polar surface area (TPSA) is 682 Å². The van der Waals surface area contributed by atoms with E-state index < -0.39 is 262 Å². The smallest absolute Gasteiger partial charge is 0.218 e. The summed E-state index contributed by atoms with van der Waals surface area (Å²) >= 11 is 2.83. The number of ether oxygens (including phenoxy) is 14. The Morgan fingerprint density at radius 1 is 0.394 bits per heavy atom. The van der Waals surface area contributed by atoms with Crippen molar-refractivity contribution in [2.45, 2.75) is 187 Å². The lowest BCUT2D eigenvalue weighted by molar-refractivity contribution is -0.801. The van der Waals surface area contributed by atoms with Crippen LogP contribution in [0.3, 0.4) is 0 Å². The molecule has 94 heavy (non-hydrogen) atoms. The third-order valence-electron chi connectivity index (χ3n) is 15.3. The Labute approximate surface area is 540 Å². The van der Waals surface area contributed by atoms with Gasteiger partial charge < -0.3 is 135 Å². The van der Waals surface area contributed by atoms with Crippen LogP contribution in [0, 0.1) is 17.8 Å². The first-order chi connectivity index (χ1) is 43.7. The highest BCUT2D eigenvalue weighted by Gasteiger charge is 2.59. The lowest BCUT2D eigenvalue weighted by Gasteiger charge is -2.47. The molecule has 8 rings (SSSR count). The van der Waals surface area contributed by atoms with E-state index in [-0.39, 0.29) is 13.2 Å². The van der Waals surface area contributed by atoms with Crippen LogP contribution in [0.25, 0.3) is 0 Å². The lowest BCUT2D eigenvalue weighted by atomic mass is 9.90. The molecule has 4 bridgehead atoms. The summed E-state index contributed by atoms with van der Waals surface area (Å²) in [5.74, 6) is -3.16. The summed E-state index contributed by atoms with van der Waals surface area (Å²) in [6, 6.07) is 0. The fourth-order valence-corrected chi connectivity index (χ4v) is 13.6. The van der Waals surface area contributed by atoms with Crippen LogP contribution in [0.4, 0.5) is 0 Å². The van der Waals surface area contributed by atoms with Gasteiger partial charge in [-0.2, -0.15) is 4.21 Å². The predicted molar refractivity (Wildman–Crippen MR) is 274 cm³/mol. The maximum Gasteiger partial charge on any atom is 0.218 e. The molecule has 554 valence electrons. The van der Waals surface area contributed by atoms with Crippen molar-refractivity contribution in [3.63, 3.8) is 0 Å². The largest absolute Gasteiger partial charge is 0.726 e. The zero-order valence-corrected chi connectivity index (χ0v) is 54.0. The first-order valence-electron chi connectivity index (χ1n) is 26.9. The molecule has 0 spiro atoms. The monoisotopic (exact) mass is 1500 g/mol. The van der Waals surface area contributed by atoms with Gasteiger partial charge in [-0.25, -0.2) is 47.0 Å². The van der Waals surface area contributed by atoms with E-state index in [9.17, 15) is 111 Å². The predicted octanol–water partition coefficient (Wildman–Crippen LogP) is -12.0. The molecule has 52 heteroatoms. The summed E-state index contributed by atoms with van der Waals surface area (Å²) in [6.07, 6.45) is -37.1. The Balaban J connectivity index is 0.000000253. The van der Waals surface area contributed by atoms with Gasteiger partial charge in [0, 0.05) is 39.1 Å². The van der Waals surface area contributed by atoms with E-state index in [0.29, 0.717) is 0 Å². The van der Waals surface area contributed by atoms with Gasteiger partial charge in [0.2, 0.25) is 52.0 Å². The maximum atomic E-state index is 11.2. The van der Waals surface area contributed by atoms with Gasteiger partial charge in [0.1, 0.15) is 116 Å². The molecule has 0 aliphatic carbocycles. The Morgan fingerprint density at radius 2 is 0.745 bits per heavy atom. The Bertz CT molecular complexity index is 2920. The number of fused-ring (bicyclic) bond motifs is 4. The highest BCUT2D eigenvalue weighted by molar-refractivity contribution is 7.81. The van der Waals surface area contributed by atoms with Crippen molar-refractivity contribution in [3.8, 4) is 0 Å². The third kappa shape index (κ3) is 21.9. The van der Waals surface area contributed by atoms with E-state index >= 15 is 0 Å². The molecule has 0 aromatic heterocycles. The van der Waals surface area contributed by atoms with Gasteiger partial charge in [0.15, 0.2) is 62.5 Å². The molecule has 0 saturated carbocycles. The van der Waals surface area contributed by atoms with Gasteiger partial charge in [-0.3, -0.25) is 26.0 Å². The lowest BCUT2D eigenvalue weighted by Crippen LogP contribution is -2.64. The number of hydrogen-bond donors (Lipinski definition) is 8. The van der Waals surface area contributed by atoms with Crippen molar-refractivity contribution in [1.82, 2.24) is 0 Å². The maximum absolute atomic E-state index is 11.2. The van der Waals surface area contributed by atoms with Crippen molar-refractivity contribution < 1.29 is 212 Å². The molecule has 8 heterocycles. The Hall–Kier alpha value is -1.63. The van der Waals surface area contributed by atoms with Crippen molar-refractivity contribution in [3.05, 3.63) is 0 Å². The van der Waals surface area contributed by atoms with Crippen molar-refractivity contribution >= 4 is 64.5 Å². The van der Waals surface area contributed by atoms with Crippen LogP contribution in [0.1, 0.15) is 20.8 Å². The number of hydrogen-bond acceptors (Lipinski definition) is 47. The molecule has 8 N–H and O–H groups in total. The van der Waals surface area contributed by atoms with Gasteiger partial charge in [0.05, 0.1) is 39.1 Å². The van der Waals surface area contributed by atoms with E-state index in [1.54, 1.807) is 0 Å². The fourth-order valence-electron chi connectivity index (χ4n) is 10.9. The highest BCUT2D eigenvalue weighted by Crippen LogP contribution is 2.41. The van der Waals surface area contributed by atoms with Crippen LogP contribution in [-0.4, -0.2) is 337 Å². The molecular formula is C42H68O46S6-6. The van der Waals surface area contributed by atoms with E-state index in [2.05, 4.69) is 43.4 Å². The molecule has 8 aliphatic rings. The number of methoxy groups -OCH3 is 3. The van der Waals surface area contributed by atoms with Crippen LogP contribution in [0.2, 0.25) is 0 Å². The van der Waals surface area contributed by atoms with Crippen molar-refractivity contribution in [2.24, 2.45) is 17.8 Å². The minimum atomic E-state index is -5.43. The second kappa shape index (κ2) is 35.3. The number of aliphatic hydroxyl groups excluding tert-OH is 8. The normalized spacial score (nSPS) is 42.6. The quantitative estimate of drug-likeness (QED) is 0.0182. The molecule has 0 aromatic carbocycles. The molecular weight excluding hydrogens is 1430 g/mol. The standard InChI is InChI=1S/C14H26O18S2.C14H24O15S2.C14H24O12S.OS/c1-5-8(16)6(3-15)27-14(10(5)30-33(19,20)21)29-11-7(4-26-32-18)28-13(25-2)12(9(11)17)31-34(22,23)24;1-5-8(16)13(25-6(3-15)9(5)28-30(17,18)19)27-10-7-4-24-11(10)12(14(23-2)26-7)29-31(20,21)22;1-5-8(16)14(23-6(3-15)10(5)26-27(18,19)20)25-11-7-4-22-12(11)9(17)13(21-2)24-7;1-2/h5-18H,3-4H2,1-2H3,(H,19,20,21)(H,22,23,24);5-16H,3-4H2,1-2H3,(H,17,18,19)(H,20,21,22);5-17H,3-4H2,1-2H3,(H,18,19,20);/p-6/t5-,6?,7?,8+,9-,10?,11-,12?,13-,14-;5-,6?,7?,8?,9-,10+,11-,12?,13+,14+;5-,6?,7?,8?,9?,10-,11+,12+,13+,14+;/m011./s1. The summed E-state index contributed by atoms with van der Waals surface area (Å²) in [5.41, 5.74) is 0. The highest BCUT2D eigenvalue weighted by atomic mass is 32.3. The molecule has 8 aliphatic heterocycles. The first kappa shape index (κ1) is 83.0. The average Bonchev–Trinajstić information content (AvgIpc) is 1.71. The van der Waals surface area contributed by atoms with Gasteiger partial charge in [-0.05, 0) is 0 Å². The summed E-state index contributed by atoms with van der Waals surface area (Å²) in [4.78, 5) is 4.21. The number of rotatable bonds is 25. The molecule has 0 amide bonds. The zero-order valence-electron chi connectivity index (χ0n) is 49.1. The van der Waals surface area contributed by atoms with Gasteiger partial charge in [0.25, 0.3) is 0 Å². The second-order valence-electron chi connectivity index (χ2n) is 21.1. The number of aliphatic hydroxyl groups is 8. The van der Waals surface area contributed by atoms with Gasteiger partial charge >= 0.3 is 0 Å². The van der Waals surface area contributed by atoms with Crippen LogP contribution in [0.5, 0.6) is 0 Å². The van der Waals surface area contributed by atoms with Crippen LogP contribution >= 0.6 is 0 Å². The van der Waals surface area contributed by atoms with E-state index in [4.69, 9.17) is 70.5 Å². The van der Waals surface area contributed by atoms with Crippen LogP contribution in [0.15, 0.2) is 0 Å². The summed E-state index contributed by atoms with van der Waals surface area (Å²) in [6.45, 7) is 1.03. The summed E-state index contributed by atoms with van der Waals surface area (Å²) in [7, 11) is -22.7. The van der Waals surface area contributed by atoms with Crippen LogP contribution in [-0.2, 0) is 162 Å². The first-order valence-corrected chi connectivity index (χ1v) is 33.9.